The number of nitrogens with one attached hydrogen (secondary N) is 1. The molecule has 0 bridgehead atoms. The Balaban J connectivity index is 1.56. The Bertz CT molecular complexity index is 742. The van der Waals surface area contributed by atoms with Gasteiger partial charge in [0.05, 0.1) is 0 Å². The molecule has 3 amide bonds. The first kappa shape index (κ1) is 19.7. The van der Waals surface area contributed by atoms with E-state index in [2.05, 4.69) is 19.2 Å². The highest BCUT2D eigenvalue weighted by atomic mass is 16.2. The Labute approximate surface area is 168 Å². The van der Waals surface area contributed by atoms with Gasteiger partial charge in [-0.2, -0.15) is 0 Å². The van der Waals surface area contributed by atoms with E-state index in [4.69, 9.17) is 0 Å². The number of amides is 3. The minimum Gasteiger partial charge on any atom is -0.331 e. The summed E-state index contributed by atoms with van der Waals surface area (Å²) >= 11 is 0. The highest BCUT2D eigenvalue weighted by molar-refractivity contribution is 5.95. The standard InChI is InChI=1S/C23H34N2O3/c1-22-11-9-15(26)13-14(22)5-6-16-17-7-8-19(20(27)24-21(28)25(3)4)23(17,2)12-10-18(16)22/h13,16-19H,5-12H2,1-4H3,(H,24,27,28)/t16?,17?,18?,19?,22-,23-/m0/s1. The van der Waals surface area contributed by atoms with Gasteiger partial charge in [0.25, 0.3) is 0 Å². The number of urea groups is 1. The van der Waals surface area contributed by atoms with E-state index >= 15 is 0 Å². The highest BCUT2D eigenvalue weighted by Crippen LogP contribution is 2.66. The molecule has 5 nitrogen and oxygen atoms in total. The number of allylic oxidation sites excluding steroid dienone is 1. The molecule has 0 aromatic rings. The zero-order chi connectivity index (χ0) is 20.3. The van der Waals surface area contributed by atoms with Crippen LogP contribution in [0.1, 0.15) is 65.2 Å². The Morgan fingerprint density at radius 3 is 2.50 bits per heavy atom. The molecule has 28 heavy (non-hydrogen) atoms. The van der Waals surface area contributed by atoms with Gasteiger partial charge in [0.15, 0.2) is 5.78 Å². The van der Waals surface area contributed by atoms with Gasteiger partial charge in [0, 0.05) is 26.4 Å². The van der Waals surface area contributed by atoms with Crippen LogP contribution in [0.2, 0.25) is 0 Å². The van der Waals surface area contributed by atoms with Crippen LogP contribution >= 0.6 is 0 Å². The van der Waals surface area contributed by atoms with E-state index in [9.17, 15) is 14.4 Å². The average molecular weight is 387 g/mol. The van der Waals surface area contributed by atoms with Crippen LogP contribution < -0.4 is 5.32 Å². The molecular weight excluding hydrogens is 352 g/mol. The second-order valence-corrected chi connectivity index (χ2v) is 10.3. The second kappa shape index (κ2) is 6.70. The van der Waals surface area contributed by atoms with E-state index in [0.29, 0.717) is 30.0 Å². The van der Waals surface area contributed by atoms with Crippen molar-refractivity contribution < 1.29 is 14.4 Å². The number of hydrogen-bond acceptors (Lipinski definition) is 3. The molecule has 4 unspecified atom stereocenters. The molecule has 4 rings (SSSR count). The average Bonchev–Trinajstić information content (AvgIpc) is 2.99. The number of fused-ring (bicyclic) bond motifs is 5. The molecule has 3 saturated carbocycles. The molecule has 0 radical (unpaired) electrons. The van der Waals surface area contributed by atoms with E-state index < -0.39 is 0 Å². The van der Waals surface area contributed by atoms with Crippen molar-refractivity contribution in [1.29, 1.82) is 0 Å². The Hall–Kier alpha value is -1.65. The summed E-state index contributed by atoms with van der Waals surface area (Å²) in [5.74, 6) is 1.95. The van der Waals surface area contributed by atoms with Crippen molar-refractivity contribution in [2.45, 2.75) is 65.2 Å². The number of rotatable bonds is 1. The second-order valence-electron chi connectivity index (χ2n) is 10.3. The maximum Gasteiger partial charge on any atom is 0.323 e. The van der Waals surface area contributed by atoms with Crippen LogP contribution in [0.4, 0.5) is 4.79 Å². The van der Waals surface area contributed by atoms with E-state index in [-0.39, 0.29) is 28.7 Å². The van der Waals surface area contributed by atoms with Gasteiger partial charge in [-0.15, -0.1) is 0 Å². The number of imide groups is 1. The third-order valence-electron chi connectivity index (χ3n) is 8.91. The monoisotopic (exact) mass is 386 g/mol. The molecule has 0 spiro atoms. The molecule has 5 heteroatoms. The smallest absolute Gasteiger partial charge is 0.323 e. The van der Waals surface area contributed by atoms with Crippen LogP contribution in [0.15, 0.2) is 11.6 Å². The lowest BCUT2D eigenvalue weighted by atomic mass is 9.47. The summed E-state index contributed by atoms with van der Waals surface area (Å²) in [6, 6.07) is -0.322. The van der Waals surface area contributed by atoms with Crippen molar-refractivity contribution in [3.8, 4) is 0 Å². The minimum absolute atomic E-state index is 0.0140. The molecule has 4 aliphatic rings. The quantitative estimate of drug-likeness (QED) is 0.742. The van der Waals surface area contributed by atoms with Gasteiger partial charge in [-0.05, 0) is 79.6 Å². The summed E-state index contributed by atoms with van der Waals surface area (Å²) < 4.78 is 0. The maximum atomic E-state index is 12.9. The van der Waals surface area contributed by atoms with Crippen molar-refractivity contribution in [3.63, 3.8) is 0 Å². The number of nitrogens with zero attached hydrogens (tertiary/aromatic N) is 1. The van der Waals surface area contributed by atoms with Crippen molar-refractivity contribution in [2.75, 3.05) is 14.1 Å². The summed E-state index contributed by atoms with van der Waals surface area (Å²) in [5, 5.41) is 2.61. The van der Waals surface area contributed by atoms with E-state index in [0.717, 1.165) is 44.9 Å². The molecule has 154 valence electrons. The molecule has 0 aromatic carbocycles. The third kappa shape index (κ3) is 2.84. The first-order chi connectivity index (χ1) is 13.2. The molecule has 0 aliphatic heterocycles. The fraction of sp³-hybridized carbons (Fsp3) is 0.783. The molecule has 1 N–H and O–H groups in total. The Morgan fingerprint density at radius 1 is 1.04 bits per heavy atom. The molecule has 4 aliphatic carbocycles. The van der Waals surface area contributed by atoms with Crippen molar-refractivity contribution in [1.82, 2.24) is 10.2 Å². The van der Waals surface area contributed by atoms with Crippen molar-refractivity contribution >= 4 is 17.7 Å². The van der Waals surface area contributed by atoms with E-state index in [1.165, 1.54) is 10.5 Å². The number of carbonyl (C=O) groups excluding carboxylic acids is 3. The maximum absolute atomic E-state index is 12.9. The van der Waals surface area contributed by atoms with Crippen molar-refractivity contribution in [2.24, 2.45) is 34.5 Å². The van der Waals surface area contributed by atoms with Gasteiger partial charge in [-0.1, -0.05) is 19.4 Å². The normalized spacial score (nSPS) is 42.0. The Morgan fingerprint density at radius 2 is 1.79 bits per heavy atom. The topological polar surface area (TPSA) is 66.5 Å². The molecule has 0 aromatic heterocycles. The molecule has 0 heterocycles. The van der Waals surface area contributed by atoms with Crippen LogP contribution in [0.25, 0.3) is 0 Å². The molecular formula is C23H34N2O3. The van der Waals surface area contributed by atoms with Crippen LogP contribution in [-0.2, 0) is 9.59 Å². The number of carbonyl (C=O) groups is 3. The zero-order valence-electron chi connectivity index (χ0n) is 17.7. The zero-order valence-corrected chi connectivity index (χ0v) is 17.7. The van der Waals surface area contributed by atoms with Crippen LogP contribution in [0.5, 0.6) is 0 Å². The van der Waals surface area contributed by atoms with Crippen LogP contribution in [-0.4, -0.2) is 36.7 Å². The van der Waals surface area contributed by atoms with Gasteiger partial charge in [0.1, 0.15) is 0 Å². The molecule has 3 fully saturated rings. The summed E-state index contributed by atoms with van der Waals surface area (Å²) in [5.41, 5.74) is 1.54. The lowest BCUT2D eigenvalue weighted by Gasteiger charge is -2.58. The van der Waals surface area contributed by atoms with E-state index in [1.807, 2.05) is 6.08 Å². The van der Waals surface area contributed by atoms with Crippen LogP contribution in [0, 0.1) is 34.5 Å². The molecule has 6 atom stereocenters. The lowest BCUT2D eigenvalue weighted by Crippen LogP contribution is -2.52. The molecule has 0 saturated heterocycles. The fourth-order valence-electron chi connectivity index (χ4n) is 7.29. The van der Waals surface area contributed by atoms with E-state index in [1.54, 1.807) is 14.1 Å². The predicted octanol–water partition coefficient (Wildman–Crippen LogP) is 3.93. The third-order valence-corrected chi connectivity index (χ3v) is 8.91. The fourth-order valence-corrected chi connectivity index (χ4v) is 7.29. The van der Waals surface area contributed by atoms with Gasteiger partial charge in [0.2, 0.25) is 5.91 Å². The predicted molar refractivity (Wildman–Crippen MR) is 107 cm³/mol. The Kier molecular flexibility index (Phi) is 4.71. The summed E-state index contributed by atoms with van der Waals surface area (Å²) in [6.07, 6.45) is 9.94. The van der Waals surface area contributed by atoms with Crippen molar-refractivity contribution in [3.05, 3.63) is 11.6 Å². The van der Waals surface area contributed by atoms with Gasteiger partial charge in [-0.3, -0.25) is 14.9 Å². The largest absolute Gasteiger partial charge is 0.331 e. The summed E-state index contributed by atoms with van der Waals surface area (Å²) in [7, 11) is 3.32. The van der Waals surface area contributed by atoms with Gasteiger partial charge >= 0.3 is 6.03 Å². The van der Waals surface area contributed by atoms with Gasteiger partial charge in [-0.25, -0.2) is 4.79 Å². The number of ketones is 1. The lowest BCUT2D eigenvalue weighted by molar-refractivity contribution is -0.131. The first-order valence-corrected chi connectivity index (χ1v) is 10.9. The van der Waals surface area contributed by atoms with Gasteiger partial charge < -0.3 is 4.90 Å². The number of hydrogen-bond donors (Lipinski definition) is 1. The SMILES string of the molecule is CN(C)C(=O)NC(=O)C1CCC2C3CCC4=CC(=O)CC[C@]4(C)C3CC[C@]12C. The highest BCUT2D eigenvalue weighted by Gasteiger charge is 2.60. The summed E-state index contributed by atoms with van der Waals surface area (Å²) in [6.45, 7) is 4.68. The minimum atomic E-state index is -0.322. The van der Waals surface area contributed by atoms with Crippen LogP contribution in [0.3, 0.4) is 0 Å². The summed E-state index contributed by atoms with van der Waals surface area (Å²) in [4.78, 5) is 38.3. The first-order valence-electron chi connectivity index (χ1n) is 10.9.